The summed E-state index contributed by atoms with van der Waals surface area (Å²) in [6.07, 6.45) is 0.790. The number of nitrogens with zero attached hydrogens (tertiary/aromatic N) is 1. The lowest BCUT2D eigenvalue weighted by Crippen LogP contribution is -2.42. The second-order valence-electron chi connectivity index (χ2n) is 6.18. The highest BCUT2D eigenvalue weighted by Gasteiger charge is 2.23. The molecule has 1 unspecified atom stereocenters. The zero-order valence-corrected chi connectivity index (χ0v) is 14.4. The molecule has 0 fully saturated rings. The molecule has 0 bridgehead atoms. The van der Waals surface area contributed by atoms with Crippen molar-refractivity contribution in [2.75, 3.05) is 26.4 Å². The molecule has 1 aromatic rings. The van der Waals surface area contributed by atoms with Gasteiger partial charge in [-0.25, -0.2) is 13.1 Å². The van der Waals surface area contributed by atoms with Gasteiger partial charge in [-0.3, -0.25) is 0 Å². The van der Waals surface area contributed by atoms with Crippen LogP contribution in [0, 0.1) is 12.8 Å². The lowest BCUT2D eigenvalue weighted by Gasteiger charge is -2.24. The third kappa shape index (κ3) is 5.30. The molecule has 0 heterocycles. The van der Waals surface area contributed by atoms with E-state index in [1.807, 2.05) is 19.0 Å². The second kappa shape index (κ2) is 7.24. The fraction of sp³-hybridized carbons (Fsp3) is 0.600. The maximum absolute atomic E-state index is 12.6. The summed E-state index contributed by atoms with van der Waals surface area (Å²) in [5.41, 5.74) is 6.90. The van der Waals surface area contributed by atoms with Crippen LogP contribution in [0.4, 0.5) is 5.69 Å². The maximum Gasteiger partial charge on any atom is 0.241 e. The van der Waals surface area contributed by atoms with Crippen LogP contribution in [0.5, 0.6) is 0 Å². The number of hydrogen-bond donors (Lipinski definition) is 2. The highest BCUT2D eigenvalue weighted by Crippen LogP contribution is 2.21. The summed E-state index contributed by atoms with van der Waals surface area (Å²) < 4.78 is 28.0. The number of benzene rings is 1. The molecule has 0 aliphatic carbocycles. The second-order valence-corrected chi connectivity index (χ2v) is 7.86. The quantitative estimate of drug-likeness (QED) is 0.753. The van der Waals surface area contributed by atoms with E-state index in [-0.39, 0.29) is 10.9 Å². The Labute approximate surface area is 128 Å². The van der Waals surface area contributed by atoms with Crippen LogP contribution in [-0.4, -0.2) is 40.0 Å². The van der Waals surface area contributed by atoms with Crippen molar-refractivity contribution in [2.24, 2.45) is 5.92 Å². The molecule has 0 saturated heterocycles. The molecule has 1 rings (SSSR count). The van der Waals surface area contributed by atoms with Gasteiger partial charge in [0.1, 0.15) is 0 Å². The van der Waals surface area contributed by atoms with Crippen LogP contribution in [0.1, 0.15) is 25.8 Å². The fourth-order valence-electron chi connectivity index (χ4n) is 2.38. The average molecular weight is 313 g/mol. The first-order chi connectivity index (χ1) is 9.63. The Morgan fingerprint density at radius 2 is 1.90 bits per heavy atom. The SMILES string of the molecule is Cc1c(N)cccc1S(=O)(=O)NC(CC(C)C)CN(C)C. The van der Waals surface area contributed by atoms with Crippen LogP contribution in [0.15, 0.2) is 23.1 Å². The number of hydrogen-bond acceptors (Lipinski definition) is 4. The Bertz CT molecular complexity index is 558. The summed E-state index contributed by atoms with van der Waals surface area (Å²) in [6.45, 7) is 6.57. The number of nitrogens with two attached hydrogens (primary N) is 1. The molecule has 0 spiro atoms. The number of nitrogens with one attached hydrogen (secondary N) is 1. The molecule has 3 N–H and O–H groups in total. The van der Waals surface area contributed by atoms with Gasteiger partial charge in [0.05, 0.1) is 4.90 Å². The fourth-order valence-corrected chi connectivity index (χ4v) is 3.89. The average Bonchev–Trinajstić information content (AvgIpc) is 2.29. The number of rotatable bonds is 7. The van der Waals surface area contributed by atoms with Gasteiger partial charge < -0.3 is 10.6 Å². The Morgan fingerprint density at radius 3 is 2.43 bits per heavy atom. The molecule has 5 nitrogen and oxygen atoms in total. The maximum atomic E-state index is 12.6. The summed E-state index contributed by atoms with van der Waals surface area (Å²) in [4.78, 5) is 2.25. The molecular formula is C15H27N3O2S. The summed E-state index contributed by atoms with van der Waals surface area (Å²) in [5, 5.41) is 0. The largest absolute Gasteiger partial charge is 0.398 e. The Kier molecular flexibility index (Phi) is 6.19. The van der Waals surface area contributed by atoms with Crippen LogP contribution in [-0.2, 0) is 10.0 Å². The molecule has 21 heavy (non-hydrogen) atoms. The van der Waals surface area contributed by atoms with Gasteiger partial charge in [-0.05, 0) is 51.1 Å². The summed E-state index contributed by atoms with van der Waals surface area (Å²) in [5.74, 6) is 0.416. The van der Waals surface area contributed by atoms with E-state index in [9.17, 15) is 8.42 Å². The van der Waals surface area contributed by atoms with Crippen LogP contribution < -0.4 is 10.5 Å². The van der Waals surface area contributed by atoms with Crippen LogP contribution in [0.25, 0.3) is 0 Å². The molecule has 0 amide bonds. The first kappa shape index (κ1) is 17.9. The molecule has 6 heteroatoms. The minimum Gasteiger partial charge on any atom is -0.398 e. The Hall–Kier alpha value is -1.11. The summed E-state index contributed by atoms with van der Waals surface area (Å²) in [6, 6.07) is 4.85. The van der Waals surface area contributed by atoms with Crippen molar-refractivity contribution in [3.63, 3.8) is 0 Å². The van der Waals surface area contributed by atoms with E-state index in [1.165, 1.54) is 0 Å². The van der Waals surface area contributed by atoms with Crippen LogP contribution >= 0.6 is 0 Å². The molecule has 0 aliphatic heterocycles. The van der Waals surface area contributed by atoms with E-state index in [1.54, 1.807) is 25.1 Å². The van der Waals surface area contributed by atoms with E-state index in [0.717, 1.165) is 6.42 Å². The van der Waals surface area contributed by atoms with Gasteiger partial charge in [0, 0.05) is 18.3 Å². The minimum absolute atomic E-state index is 0.120. The predicted octanol–water partition coefficient (Wildman–Crippen LogP) is 1.83. The van der Waals surface area contributed by atoms with Gasteiger partial charge in [0.25, 0.3) is 0 Å². The number of sulfonamides is 1. The monoisotopic (exact) mass is 313 g/mol. The lowest BCUT2D eigenvalue weighted by atomic mass is 10.0. The highest BCUT2D eigenvalue weighted by molar-refractivity contribution is 7.89. The van der Waals surface area contributed by atoms with Crippen molar-refractivity contribution in [1.82, 2.24) is 9.62 Å². The molecule has 0 aromatic heterocycles. The molecular weight excluding hydrogens is 286 g/mol. The third-order valence-corrected chi connectivity index (χ3v) is 4.94. The van der Waals surface area contributed by atoms with E-state index < -0.39 is 10.0 Å². The molecule has 0 radical (unpaired) electrons. The third-order valence-electron chi connectivity index (χ3n) is 3.28. The van der Waals surface area contributed by atoms with E-state index in [4.69, 9.17) is 5.73 Å². The highest BCUT2D eigenvalue weighted by atomic mass is 32.2. The lowest BCUT2D eigenvalue weighted by molar-refractivity contribution is 0.329. The van der Waals surface area contributed by atoms with E-state index in [2.05, 4.69) is 18.6 Å². The van der Waals surface area contributed by atoms with Crippen molar-refractivity contribution in [2.45, 2.75) is 38.1 Å². The zero-order chi connectivity index (χ0) is 16.2. The van der Waals surface area contributed by atoms with Gasteiger partial charge in [-0.1, -0.05) is 19.9 Å². The van der Waals surface area contributed by atoms with Gasteiger partial charge in [-0.15, -0.1) is 0 Å². The number of likely N-dealkylation sites (N-methyl/N-ethyl adjacent to an activating group) is 1. The van der Waals surface area contributed by atoms with Crippen molar-refractivity contribution >= 4 is 15.7 Å². The van der Waals surface area contributed by atoms with Crippen molar-refractivity contribution in [3.05, 3.63) is 23.8 Å². The summed E-state index contributed by atoms with van der Waals surface area (Å²) >= 11 is 0. The minimum atomic E-state index is -3.56. The summed E-state index contributed by atoms with van der Waals surface area (Å²) in [7, 11) is 0.315. The van der Waals surface area contributed by atoms with E-state index >= 15 is 0 Å². The van der Waals surface area contributed by atoms with Crippen LogP contribution in [0.3, 0.4) is 0 Å². The van der Waals surface area contributed by atoms with Gasteiger partial charge in [-0.2, -0.15) is 0 Å². The van der Waals surface area contributed by atoms with Crippen LogP contribution in [0.2, 0.25) is 0 Å². The smallest absolute Gasteiger partial charge is 0.241 e. The topological polar surface area (TPSA) is 75.4 Å². The molecule has 1 atom stereocenters. The molecule has 1 aromatic carbocycles. The molecule has 120 valence electrons. The zero-order valence-electron chi connectivity index (χ0n) is 13.6. The first-order valence-corrected chi connectivity index (χ1v) is 8.64. The Morgan fingerprint density at radius 1 is 1.29 bits per heavy atom. The van der Waals surface area contributed by atoms with Gasteiger partial charge >= 0.3 is 0 Å². The Balaban J connectivity index is 3.02. The van der Waals surface area contributed by atoms with E-state index in [0.29, 0.717) is 23.7 Å². The number of anilines is 1. The van der Waals surface area contributed by atoms with Crippen molar-refractivity contribution in [3.8, 4) is 0 Å². The normalized spacial score (nSPS) is 13.9. The molecule has 0 saturated carbocycles. The standard InChI is InChI=1S/C15H27N3O2S/c1-11(2)9-13(10-18(4)5)17-21(19,20)15-8-6-7-14(16)12(15)3/h6-8,11,13,17H,9-10,16H2,1-5H3. The first-order valence-electron chi connectivity index (χ1n) is 7.15. The van der Waals surface area contributed by atoms with Gasteiger partial charge in [0.15, 0.2) is 0 Å². The predicted molar refractivity (Wildman–Crippen MR) is 87.7 cm³/mol. The van der Waals surface area contributed by atoms with Crippen molar-refractivity contribution in [1.29, 1.82) is 0 Å². The van der Waals surface area contributed by atoms with Gasteiger partial charge in [0.2, 0.25) is 10.0 Å². The number of nitrogen functional groups attached to an aromatic ring is 1. The molecule has 0 aliphatic rings. The van der Waals surface area contributed by atoms with Crippen molar-refractivity contribution < 1.29 is 8.42 Å².